The Kier molecular flexibility index (Phi) is 5.36. The Morgan fingerprint density at radius 1 is 1.50 bits per heavy atom. The summed E-state index contributed by atoms with van der Waals surface area (Å²) in [6.07, 6.45) is 2.97. The van der Waals surface area contributed by atoms with Crippen molar-refractivity contribution in [2.75, 3.05) is 12.8 Å². The van der Waals surface area contributed by atoms with Crippen molar-refractivity contribution in [1.29, 1.82) is 0 Å². The number of rotatable bonds is 6. The van der Waals surface area contributed by atoms with Gasteiger partial charge in [-0.3, -0.25) is 4.68 Å². The van der Waals surface area contributed by atoms with Crippen LogP contribution in [0.5, 0.6) is 0 Å². The Labute approximate surface area is 117 Å². The fourth-order valence-corrected chi connectivity index (χ4v) is 3.15. The van der Waals surface area contributed by atoms with E-state index in [4.69, 9.17) is 0 Å². The molecule has 1 aromatic heterocycles. The predicted molar refractivity (Wildman–Crippen MR) is 76.3 cm³/mol. The molecule has 0 aliphatic heterocycles. The molecule has 0 aromatic carbocycles. The summed E-state index contributed by atoms with van der Waals surface area (Å²) in [5.41, 5.74) is 0.886. The summed E-state index contributed by atoms with van der Waals surface area (Å²) in [6, 6.07) is -0.262. The molecule has 2 unspecified atom stereocenters. The number of nitrogens with zero attached hydrogens (tertiary/aromatic N) is 2. The fraction of sp³-hybridized carbons (Fsp3) is 0.727. The van der Waals surface area contributed by atoms with Crippen LogP contribution < -0.4 is 5.32 Å². The van der Waals surface area contributed by atoms with Gasteiger partial charge in [-0.05, 0) is 36.3 Å². The molecule has 0 aliphatic carbocycles. The fourth-order valence-electron chi connectivity index (χ4n) is 1.89. The van der Waals surface area contributed by atoms with E-state index in [0.717, 1.165) is 10.2 Å². The van der Waals surface area contributed by atoms with Gasteiger partial charge in [0.05, 0.1) is 27.7 Å². The van der Waals surface area contributed by atoms with Crippen molar-refractivity contribution in [3.05, 3.63) is 16.4 Å². The van der Waals surface area contributed by atoms with Crippen LogP contribution in [-0.2, 0) is 16.4 Å². The van der Waals surface area contributed by atoms with Gasteiger partial charge in [0, 0.05) is 12.8 Å². The van der Waals surface area contributed by atoms with E-state index < -0.39 is 15.1 Å². The van der Waals surface area contributed by atoms with Gasteiger partial charge in [0.25, 0.3) is 0 Å². The Morgan fingerprint density at radius 3 is 2.56 bits per heavy atom. The van der Waals surface area contributed by atoms with Gasteiger partial charge in [0.2, 0.25) is 0 Å². The summed E-state index contributed by atoms with van der Waals surface area (Å²) in [6.45, 7) is 7.08. The molecule has 104 valence electrons. The van der Waals surface area contributed by atoms with Crippen LogP contribution in [0, 0.1) is 0 Å². The minimum atomic E-state index is -3.12. The maximum absolute atomic E-state index is 11.8. The summed E-state index contributed by atoms with van der Waals surface area (Å²) in [4.78, 5) is 0. The van der Waals surface area contributed by atoms with Gasteiger partial charge in [-0.15, -0.1) is 0 Å². The Balaban J connectivity index is 3.23. The van der Waals surface area contributed by atoms with E-state index in [-0.39, 0.29) is 6.04 Å². The Morgan fingerprint density at radius 2 is 2.11 bits per heavy atom. The zero-order valence-corrected chi connectivity index (χ0v) is 13.5. The molecule has 1 N–H and O–H groups in total. The molecule has 0 amide bonds. The summed E-state index contributed by atoms with van der Waals surface area (Å²) in [7, 11) is -3.12. The molecular formula is C11H20BrN3O2S. The SMILES string of the molecule is CCNC(c1c(Br)cnn1CC)C(C)S(C)(=O)=O. The van der Waals surface area contributed by atoms with Gasteiger partial charge < -0.3 is 5.32 Å². The normalized spacial score (nSPS) is 15.6. The van der Waals surface area contributed by atoms with Crippen LogP contribution in [0.3, 0.4) is 0 Å². The van der Waals surface area contributed by atoms with E-state index >= 15 is 0 Å². The molecule has 2 atom stereocenters. The third-order valence-corrected chi connectivity index (χ3v) is 5.23. The van der Waals surface area contributed by atoms with Gasteiger partial charge in [0.15, 0.2) is 9.84 Å². The molecule has 0 bridgehead atoms. The minimum Gasteiger partial charge on any atom is -0.308 e. The maximum atomic E-state index is 11.8. The van der Waals surface area contributed by atoms with Crippen LogP contribution in [0.1, 0.15) is 32.5 Å². The first-order chi connectivity index (χ1) is 8.32. The van der Waals surface area contributed by atoms with Crippen LogP contribution in [0.15, 0.2) is 10.7 Å². The largest absolute Gasteiger partial charge is 0.308 e. The minimum absolute atomic E-state index is 0.262. The lowest BCUT2D eigenvalue weighted by Crippen LogP contribution is -2.36. The number of halogens is 1. The highest BCUT2D eigenvalue weighted by Crippen LogP contribution is 2.28. The molecule has 1 rings (SSSR count). The van der Waals surface area contributed by atoms with E-state index in [1.165, 1.54) is 6.26 Å². The number of sulfone groups is 1. The Bertz CT molecular complexity index is 498. The van der Waals surface area contributed by atoms with Gasteiger partial charge in [-0.2, -0.15) is 5.10 Å². The monoisotopic (exact) mass is 337 g/mol. The molecule has 0 fully saturated rings. The van der Waals surface area contributed by atoms with E-state index in [1.807, 2.05) is 18.5 Å². The van der Waals surface area contributed by atoms with Gasteiger partial charge in [-0.1, -0.05) is 6.92 Å². The second-order valence-electron chi connectivity index (χ2n) is 4.26. The highest BCUT2D eigenvalue weighted by Gasteiger charge is 2.30. The number of hydrogen-bond acceptors (Lipinski definition) is 4. The van der Waals surface area contributed by atoms with Gasteiger partial charge >= 0.3 is 0 Å². The van der Waals surface area contributed by atoms with Crippen LogP contribution in [0.4, 0.5) is 0 Å². The number of nitrogens with one attached hydrogen (secondary N) is 1. The molecular weight excluding hydrogens is 318 g/mol. The third-order valence-electron chi connectivity index (χ3n) is 3.00. The second-order valence-corrected chi connectivity index (χ2v) is 7.52. The van der Waals surface area contributed by atoms with Crippen molar-refractivity contribution < 1.29 is 8.42 Å². The second kappa shape index (κ2) is 6.16. The molecule has 0 aliphatic rings. The highest BCUT2D eigenvalue weighted by atomic mass is 79.9. The summed E-state index contributed by atoms with van der Waals surface area (Å²) in [5.74, 6) is 0. The highest BCUT2D eigenvalue weighted by molar-refractivity contribution is 9.10. The van der Waals surface area contributed by atoms with Gasteiger partial charge in [0.1, 0.15) is 0 Å². The summed E-state index contributed by atoms with van der Waals surface area (Å²) >= 11 is 3.45. The molecule has 1 aromatic rings. The lowest BCUT2D eigenvalue weighted by Gasteiger charge is -2.24. The standard InChI is InChI=1S/C11H20BrN3O2S/c1-5-13-10(8(3)18(4,16)17)11-9(12)7-14-15(11)6-2/h7-8,10,13H,5-6H2,1-4H3. The van der Waals surface area contributed by atoms with E-state index in [1.54, 1.807) is 13.1 Å². The zero-order valence-electron chi connectivity index (χ0n) is 11.1. The van der Waals surface area contributed by atoms with E-state index in [9.17, 15) is 8.42 Å². The lowest BCUT2D eigenvalue weighted by atomic mass is 10.1. The van der Waals surface area contributed by atoms with E-state index in [2.05, 4.69) is 26.3 Å². The first kappa shape index (κ1) is 15.7. The molecule has 5 nitrogen and oxygen atoms in total. The van der Waals surface area contributed by atoms with Crippen molar-refractivity contribution in [3.8, 4) is 0 Å². The van der Waals surface area contributed by atoms with Crippen LogP contribution in [0.25, 0.3) is 0 Å². The topological polar surface area (TPSA) is 64.0 Å². The third kappa shape index (κ3) is 3.33. The van der Waals surface area contributed by atoms with Crippen molar-refractivity contribution in [2.45, 2.75) is 38.6 Å². The van der Waals surface area contributed by atoms with Crippen LogP contribution >= 0.6 is 15.9 Å². The average Bonchev–Trinajstić information content (AvgIpc) is 2.65. The molecule has 0 radical (unpaired) electrons. The van der Waals surface area contributed by atoms with Crippen molar-refractivity contribution in [1.82, 2.24) is 15.1 Å². The van der Waals surface area contributed by atoms with Gasteiger partial charge in [-0.25, -0.2) is 8.42 Å². The maximum Gasteiger partial charge on any atom is 0.151 e. The molecule has 7 heteroatoms. The predicted octanol–water partition coefficient (Wildman–Crippen LogP) is 1.75. The van der Waals surface area contributed by atoms with E-state index in [0.29, 0.717) is 13.1 Å². The Hall–Kier alpha value is -0.400. The van der Waals surface area contributed by atoms with Crippen LogP contribution in [0.2, 0.25) is 0 Å². The average molecular weight is 338 g/mol. The number of aromatic nitrogens is 2. The quantitative estimate of drug-likeness (QED) is 0.858. The van der Waals surface area contributed by atoms with Crippen molar-refractivity contribution >= 4 is 25.8 Å². The number of hydrogen-bond donors (Lipinski definition) is 1. The summed E-state index contributed by atoms with van der Waals surface area (Å²) < 4.78 is 26.2. The molecule has 18 heavy (non-hydrogen) atoms. The summed E-state index contributed by atoms with van der Waals surface area (Å²) in [5, 5.41) is 6.97. The molecule has 1 heterocycles. The smallest absolute Gasteiger partial charge is 0.151 e. The first-order valence-electron chi connectivity index (χ1n) is 5.96. The molecule has 0 saturated heterocycles. The van der Waals surface area contributed by atoms with Crippen molar-refractivity contribution in [2.24, 2.45) is 0 Å². The first-order valence-corrected chi connectivity index (χ1v) is 8.71. The number of aryl methyl sites for hydroxylation is 1. The lowest BCUT2D eigenvalue weighted by molar-refractivity contribution is 0.470. The molecule has 0 spiro atoms. The van der Waals surface area contributed by atoms with Crippen LogP contribution in [-0.4, -0.2) is 36.2 Å². The molecule has 0 saturated carbocycles. The van der Waals surface area contributed by atoms with Crippen molar-refractivity contribution in [3.63, 3.8) is 0 Å². The zero-order chi connectivity index (χ0) is 13.9.